The van der Waals surface area contributed by atoms with Crippen LogP contribution in [0.2, 0.25) is 5.02 Å². The third-order valence-corrected chi connectivity index (χ3v) is 6.20. The van der Waals surface area contributed by atoms with Crippen molar-refractivity contribution in [1.29, 1.82) is 0 Å². The van der Waals surface area contributed by atoms with Crippen LogP contribution in [0.4, 0.5) is 11.4 Å². The molecule has 8 nitrogen and oxygen atoms in total. The predicted molar refractivity (Wildman–Crippen MR) is 127 cm³/mol. The molecule has 0 radical (unpaired) electrons. The fraction of sp³-hybridized carbons (Fsp3) is 0.348. The monoisotopic (exact) mass is 454 g/mol. The third kappa shape index (κ3) is 4.16. The molecule has 168 valence electrons. The Hall–Kier alpha value is -3.10. The molecule has 1 saturated heterocycles. The number of benzene rings is 2. The molecule has 2 amide bonds. The van der Waals surface area contributed by atoms with Crippen LogP contribution in [-0.4, -0.2) is 50.4 Å². The van der Waals surface area contributed by atoms with Crippen molar-refractivity contribution >= 4 is 40.6 Å². The number of halogens is 1. The predicted octanol–water partition coefficient (Wildman–Crippen LogP) is 2.43. The quantitative estimate of drug-likeness (QED) is 0.488. The molecular formula is C23H27ClN6O2. The second-order valence-electron chi connectivity index (χ2n) is 7.94. The summed E-state index contributed by atoms with van der Waals surface area (Å²) in [5, 5.41) is 16.5. The van der Waals surface area contributed by atoms with Crippen LogP contribution in [0.25, 0.3) is 0 Å². The fourth-order valence-corrected chi connectivity index (χ4v) is 4.46. The number of anilines is 1. The molecule has 0 bridgehead atoms. The van der Waals surface area contributed by atoms with Gasteiger partial charge in [-0.1, -0.05) is 23.7 Å². The standard InChI is InChI=1S/C23H27ClN6O2/c1-25-20(31)16-6-7-17(21(32)26-2)19-18(16)29-22(23(30-19)8-10-27-11-9-23)28-13-14-4-3-5-15(24)12-14/h3-7,12,27,30H,8-11,13H2,1-2H3,(H,25,31)(H,26,32)(H,28,29). The van der Waals surface area contributed by atoms with Gasteiger partial charge in [0.2, 0.25) is 0 Å². The first kappa shape index (κ1) is 22.1. The van der Waals surface area contributed by atoms with Gasteiger partial charge in [0.25, 0.3) is 11.8 Å². The molecule has 1 spiro atoms. The molecule has 5 N–H and O–H groups in total. The summed E-state index contributed by atoms with van der Waals surface area (Å²) in [6, 6.07) is 11.0. The van der Waals surface area contributed by atoms with Gasteiger partial charge < -0.3 is 26.6 Å². The number of carbonyl (C=O) groups is 2. The third-order valence-electron chi connectivity index (χ3n) is 5.97. The van der Waals surface area contributed by atoms with E-state index in [1.54, 1.807) is 26.2 Å². The highest BCUT2D eigenvalue weighted by molar-refractivity contribution is 6.30. The second-order valence-corrected chi connectivity index (χ2v) is 8.38. The van der Waals surface area contributed by atoms with Gasteiger partial charge in [0.05, 0.1) is 22.4 Å². The molecule has 0 atom stereocenters. The number of nitrogens with one attached hydrogen (secondary N) is 5. The molecule has 2 heterocycles. The number of fused-ring (bicyclic) bond motifs is 1. The second kappa shape index (κ2) is 9.18. The lowest BCUT2D eigenvalue weighted by Gasteiger charge is -2.43. The van der Waals surface area contributed by atoms with Crippen LogP contribution in [0.15, 0.2) is 41.4 Å². The molecule has 2 aliphatic heterocycles. The van der Waals surface area contributed by atoms with Crippen LogP contribution in [0.1, 0.15) is 39.1 Å². The van der Waals surface area contributed by atoms with Crippen molar-refractivity contribution < 1.29 is 9.59 Å². The van der Waals surface area contributed by atoms with Gasteiger partial charge in [-0.05, 0) is 55.8 Å². The van der Waals surface area contributed by atoms with Crippen molar-refractivity contribution in [3.8, 4) is 0 Å². The van der Waals surface area contributed by atoms with Gasteiger partial charge in [-0.15, -0.1) is 0 Å². The first-order valence-electron chi connectivity index (χ1n) is 10.6. The fourth-order valence-electron chi connectivity index (χ4n) is 4.25. The van der Waals surface area contributed by atoms with Gasteiger partial charge in [-0.2, -0.15) is 0 Å². The van der Waals surface area contributed by atoms with E-state index in [4.69, 9.17) is 16.6 Å². The van der Waals surface area contributed by atoms with Crippen molar-refractivity contribution in [2.24, 2.45) is 4.99 Å². The van der Waals surface area contributed by atoms with Crippen LogP contribution in [-0.2, 0) is 6.54 Å². The Morgan fingerprint density at radius 3 is 2.44 bits per heavy atom. The molecule has 2 aromatic carbocycles. The summed E-state index contributed by atoms with van der Waals surface area (Å²) in [5.74, 6) is 0.267. The zero-order chi connectivity index (χ0) is 22.7. The molecule has 0 aliphatic carbocycles. The Balaban J connectivity index is 1.81. The van der Waals surface area contributed by atoms with E-state index in [-0.39, 0.29) is 11.8 Å². The maximum atomic E-state index is 12.6. The van der Waals surface area contributed by atoms with E-state index in [9.17, 15) is 9.59 Å². The summed E-state index contributed by atoms with van der Waals surface area (Å²) in [7, 11) is 3.17. The molecule has 4 rings (SSSR count). The summed E-state index contributed by atoms with van der Waals surface area (Å²) in [4.78, 5) is 30.1. The van der Waals surface area contributed by atoms with Gasteiger partial charge >= 0.3 is 0 Å². The number of aliphatic imine (C=N–C) groups is 1. The summed E-state index contributed by atoms with van der Waals surface area (Å²) < 4.78 is 0. The molecule has 9 heteroatoms. The maximum absolute atomic E-state index is 12.6. The molecule has 2 aliphatic rings. The number of piperidine rings is 1. The molecule has 0 saturated carbocycles. The topological polar surface area (TPSA) is 107 Å². The number of amides is 2. The Morgan fingerprint density at radius 1 is 1.06 bits per heavy atom. The number of carbonyl (C=O) groups excluding carboxylic acids is 2. The van der Waals surface area contributed by atoms with Crippen molar-refractivity contribution in [3.63, 3.8) is 0 Å². The number of hydrogen-bond acceptors (Lipinski definition) is 6. The highest BCUT2D eigenvalue weighted by atomic mass is 35.5. The van der Waals surface area contributed by atoms with E-state index in [0.717, 1.165) is 37.3 Å². The van der Waals surface area contributed by atoms with Crippen LogP contribution >= 0.6 is 11.6 Å². The van der Waals surface area contributed by atoms with E-state index in [2.05, 4.69) is 26.6 Å². The van der Waals surface area contributed by atoms with E-state index in [0.29, 0.717) is 34.1 Å². The maximum Gasteiger partial charge on any atom is 0.253 e. The first-order chi connectivity index (χ1) is 15.5. The smallest absolute Gasteiger partial charge is 0.253 e. The van der Waals surface area contributed by atoms with E-state index in [1.807, 2.05) is 24.3 Å². The first-order valence-corrected chi connectivity index (χ1v) is 11.0. The highest BCUT2D eigenvalue weighted by Gasteiger charge is 2.42. The van der Waals surface area contributed by atoms with Gasteiger partial charge in [-0.3, -0.25) is 9.59 Å². The Labute approximate surface area is 192 Å². The van der Waals surface area contributed by atoms with Gasteiger partial charge in [0.1, 0.15) is 11.5 Å². The SMILES string of the molecule is CNC(=O)c1ccc(C(=O)NC)c2c1N=C(NCc1cccc(Cl)c1)C1(CCNCC1)N2. The van der Waals surface area contributed by atoms with Crippen LogP contribution < -0.4 is 26.6 Å². The minimum absolute atomic E-state index is 0.230. The van der Waals surface area contributed by atoms with Crippen molar-refractivity contribution in [2.45, 2.75) is 24.9 Å². The van der Waals surface area contributed by atoms with E-state index >= 15 is 0 Å². The average molecular weight is 455 g/mol. The Morgan fingerprint density at radius 2 is 1.75 bits per heavy atom. The average Bonchev–Trinajstić information content (AvgIpc) is 2.81. The molecular weight excluding hydrogens is 428 g/mol. The Bertz CT molecular complexity index is 1080. The van der Waals surface area contributed by atoms with Crippen molar-refractivity contribution in [1.82, 2.24) is 21.3 Å². The lowest BCUT2D eigenvalue weighted by molar-refractivity contribution is 0.0952. The molecule has 0 aromatic heterocycles. The van der Waals surface area contributed by atoms with Crippen LogP contribution in [0.5, 0.6) is 0 Å². The largest absolute Gasteiger partial charge is 0.370 e. The van der Waals surface area contributed by atoms with E-state index in [1.165, 1.54) is 0 Å². The molecule has 2 aromatic rings. The number of rotatable bonds is 4. The van der Waals surface area contributed by atoms with Crippen LogP contribution in [0, 0.1) is 0 Å². The summed E-state index contributed by atoms with van der Waals surface area (Å²) in [6.07, 6.45) is 1.57. The number of nitrogens with zero attached hydrogens (tertiary/aromatic N) is 1. The number of amidine groups is 1. The Kier molecular flexibility index (Phi) is 6.34. The van der Waals surface area contributed by atoms with Gasteiger partial charge in [-0.25, -0.2) is 4.99 Å². The van der Waals surface area contributed by atoms with Crippen molar-refractivity contribution in [3.05, 3.63) is 58.1 Å². The van der Waals surface area contributed by atoms with Gasteiger partial charge in [0.15, 0.2) is 0 Å². The van der Waals surface area contributed by atoms with E-state index < -0.39 is 5.54 Å². The summed E-state index contributed by atoms with van der Waals surface area (Å²) in [6.45, 7) is 2.16. The molecule has 1 fully saturated rings. The van der Waals surface area contributed by atoms with Crippen LogP contribution in [0.3, 0.4) is 0 Å². The summed E-state index contributed by atoms with van der Waals surface area (Å²) >= 11 is 6.15. The molecule has 0 unspecified atom stereocenters. The lowest BCUT2D eigenvalue weighted by atomic mass is 9.84. The zero-order valence-electron chi connectivity index (χ0n) is 18.1. The van der Waals surface area contributed by atoms with Crippen molar-refractivity contribution in [2.75, 3.05) is 32.5 Å². The zero-order valence-corrected chi connectivity index (χ0v) is 18.9. The highest BCUT2D eigenvalue weighted by Crippen LogP contribution is 2.41. The minimum atomic E-state index is -0.471. The molecule has 32 heavy (non-hydrogen) atoms. The lowest BCUT2D eigenvalue weighted by Crippen LogP contribution is -2.59. The summed E-state index contributed by atoms with van der Waals surface area (Å²) in [5.41, 5.74) is 2.48. The normalized spacial score (nSPS) is 16.4. The minimum Gasteiger partial charge on any atom is -0.370 e. The number of hydrogen-bond donors (Lipinski definition) is 5. The van der Waals surface area contributed by atoms with Gasteiger partial charge in [0, 0.05) is 25.7 Å².